The van der Waals surface area contributed by atoms with E-state index in [1.165, 1.54) is 11.3 Å². The van der Waals surface area contributed by atoms with Gasteiger partial charge in [0.2, 0.25) is 10.1 Å². The van der Waals surface area contributed by atoms with Crippen molar-refractivity contribution in [3.05, 3.63) is 24.3 Å². The molecule has 0 spiro atoms. The highest BCUT2D eigenvalue weighted by Gasteiger charge is 2.19. The molecule has 1 N–H and O–H groups in total. The Labute approximate surface area is 115 Å². The number of nitrogens with zero attached hydrogens (tertiary/aromatic N) is 5. The number of anilines is 2. The van der Waals surface area contributed by atoms with Gasteiger partial charge < -0.3 is 5.32 Å². The molecule has 0 aliphatic heterocycles. The van der Waals surface area contributed by atoms with Crippen molar-refractivity contribution in [2.45, 2.75) is 26.2 Å². The van der Waals surface area contributed by atoms with Crippen LogP contribution in [0.25, 0.3) is 4.96 Å². The van der Waals surface area contributed by atoms with Gasteiger partial charge in [0.25, 0.3) is 0 Å². The molecule has 3 heterocycles. The van der Waals surface area contributed by atoms with Gasteiger partial charge >= 0.3 is 0 Å². The van der Waals surface area contributed by atoms with Crippen LogP contribution in [0.15, 0.2) is 18.6 Å². The summed E-state index contributed by atoms with van der Waals surface area (Å²) >= 11 is 1.53. The van der Waals surface area contributed by atoms with Crippen LogP contribution >= 0.6 is 11.3 Å². The first-order valence-corrected chi connectivity index (χ1v) is 6.86. The van der Waals surface area contributed by atoms with Gasteiger partial charge in [0, 0.05) is 18.7 Å². The maximum Gasteiger partial charge on any atom is 0.214 e. The molecule has 0 atom stereocenters. The third-order valence-corrected chi connectivity index (χ3v) is 3.61. The van der Waals surface area contributed by atoms with E-state index in [-0.39, 0.29) is 5.41 Å². The zero-order valence-electron chi connectivity index (χ0n) is 11.4. The molecule has 6 nitrogen and oxygen atoms in total. The van der Waals surface area contributed by atoms with Gasteiger partial charge in [-0.05, 0) is 0 Å². The Hall–Kier alpha value is -1.89. The molecule has 0 saturated carbocycles. The molecule has 100 valence electrons. The molecule has 0 bridgehead atoms. The Kier molecular flexibility index (Phi) is 2.60. The molecule has 0 unspecified atom stereocenters. The van der Waals surface area contributed by atoms with Crippen molar-refractivity contribution >= 4 is 27.1 Å². The number of nitrogens with one attached hydrogen (secondary N) is 1. The number of hydrogen-bond donors (Lipinski definition) is 1. The molecule has 0 amide bonds. The second-order valence-electron chi connectivity index (χ2n) is 5.54. The highest BCUT2D eigenvalue weighted by atomic mass is 32.1. The number of hydrogen-bond acceptors (Lipinski definition) is 5. The Balaban J connectivity index is 1.89. The molecule has 3 rings (SSSR count). The standard InChI is InChI=1S/C12H16N6S/c1-12(2,3)9-7-18-11(15-9)19-10(16-18)14-8-5-13-17(4)6-8/h5-7H,1-4H3,(H,14,16). The summed E-state index contributed by atoms with van der Waals surface area (Å²) in [5, 5.41) is 12.6. The zero-order valence-corrected chi connectivity index (χ0v) is 12.2. The lowest BCUT2D eigenvalue weighted by atomic mass is 9.93. The monoisotopic (exact) mass is 276 g/mol. The van der Waals surface area contributed by atoms with Crippen molar-refractivity contribution in [2.24, 2.45) is 7.05 Å². The number of rotatable bonds is 2. The Morgan fingerprint density at radius 1 is 1.26 bits per heavy atom. The molecule has 0 radical (unpaired) electrons. The van der Waals surface area contributed by atoms with E-state index < -0.39 is 0 Å². The smallest absolute Gasteiger partial charge is 0.214 e. The first-order chi connectivity index (χ1) is 8.91. The van der Waals surface area contributed by atoms with E-state index in [1.807, 2.05) is 24.0 Å². The van der Waals surface area contributed by atoms with Gasteiger partial charge in [-0.1, -0.05) is 32.1 Å². The van der Waals surface area contributed by atoms with E-state index in [2.05, 4.69) is 41.3 Å². The summed E-state index contributed by atoms with van der Waals surface area (Å²) < 4.78 is 3.57. The fourth-order valence-corrected chi connectivity index (χ4v) is 2.52. The first kappa shape index (κ1) is 12.2. The van der Waals surface area contributed by atoms with E-state index in [9.17, 15) is 0 Å². The van der Waals surface area contributed by atoms with Crippen molar-refractivity contribution in [2.75, 3.05) is 5.32 Å². The van der Waals surface area contributed by atoms with Crippen LogP contribution in [-0.4, -0.2) is 24.4 Å². The predicted octanol–water partition coefficient (Wildman–Crippen LogP) is 2.57. The molecule has 0 saturated heterocycles. The van der Waals surface area contributed by atoms with E-state index >= 15 is 0 Å². The molecule has 7 heteroatoms. The largest absolute Gasteiger partial charge is 0.327 e. The van der Waals surface area contributed by atoms with Crippen molar-refractivity contribution in [3.8, 4) is 0 Å². The van der Waals surface area contributed by atoms with Gasteiger partial charge in [-0.2, -0.15) is 5.10 Å². The van der Waals surface area contributed by atoms with Crippen molar-refractivity contribution < 1.29 is 0 Å². The minimum absolute atomic E-state index is 0.0460. The molecule has 0 aromatic carbocycles. The third kappa shape index (κ3) is 2.33. The summed E-state index contributed by atoms with van der Waals surface area (Å²) in [6.07, 6.45) is 5.66. The summed E-state index contributed by atoms with van der Waals surface area (Å²) in [5.41, 5.74) is 2.03. The molecular formula is C12H16N6S. The third-order valence-electron chi connectivity index (χ3n) is 2.77. The molecule has 19 heavy (non-hydrogen) atoms. The minimum atomic E-state index is 0.0460. The summed E-state index contributed by atoms with van der Waals surface area (Å²) in [6, 6.07) is 0. The molecule has 0 fully saturated rings. The van der Waals surface area contributed by atoms with Gasteiger partial charge in [0.1, 0.15) is 0 Å². The topological polar surface area (TPSA) is 60.0 Å². The molecule has 3 aromatic rings. The average molecular weight is 276 g/mol. The maximum absolute atomic E-state index is 4.61. The number of aromatic nitrogens is 5. The quantitative estimate of drug-likeness (QED) is 0.781. The van der Waals surface area contributed by atoms with Crippen LogP contribution < -0.4 is 5.32 Å². The number of aryl methyl sites for hydroxylation is 1. The van der Waals surface area contributed by atoms with E-state index in [0.717, 1.165) is 21.5 Å². The van der Waals surface area contributed by atoms with Gasteiger partial charge in [0.15, 0.2) is 0 Å². The average Bonchev–Trinajstić information content (AvgIpc) is 2.91. The first-order valence-electron chi connectivity index (χ1n) is 6.04. The van der Waals surface area contributed by atoms with E-state index in [4.69, 9.17) is 0 Å². The summed E-state index contributed by atoms with van der Waals surface area (Å²) in [4.78, 5) is 5.51. The van der Waals surface area contributed by atoms with Gasteiger partial charge in [-0.3, -0.25) is 4.68 Å². The van der Waals surface area contributed by atoms with Crippen LogP contribution in [0, 0.1) is 0 Å². The Morgan fingerprint density at radius 2 is 2.05 bits per heavy atom. The second kappa shape index (κ2) is 4.06. The van der Waals surface area contributed by atoms with Crippen molar-refractivity contribution in [3.63, 3.8) is 0 Å². The lowest BCUT2D eigenvalue weighted by Gasteiger charge is -2.13. The van der Waals surface area contributed by atoms with Crippen LogP contribution in [0.3, 0.4) is 0 Å². The Bertz CT molecular complexity index is 683. The second-order valence-corrected chi connectivity index (χ2v) is 6.49. The summed E-state index contributed by atoms with van der Waals surface area (Å²) in [7, 11) is 1.88. The molecular weight excluding hydrogens is 260 g/mol. The predicted molar refractivity (Wildman–Crippen MR) is 76.1 cm³/mol. The summed E-state index contributed by atoms with van der Waals surface area (Å²) in [6.45, 7) is 6.44. The minimum Gasteiger partial charge on any atom is -0.327 e. The van der Waals surface area contributed by atoms with Crippen LogP contribution in [0.5, 0.6) is 0 Å². The molecule has 0 aliphatic rings. The number of fused-ring (bicyclic) bond motifs is 1. The van der Waals surface area contributed by atoms with Gasteiger partial charge in [-0.15, -0.1) is 5.10 Å². The summed E-state index contributed by atoms with van der Waals surface area (Å²) in [5.74, 6) is 0. The van der Waals surface area contributed by atoms with Gasteiger partial charge in [0.05, 0.1) is 23.8 Å². The SMILES string of the molecule is Cn1cc(Nc2nn3cc(C(C)(C)C)nc3s2)cn1. The van der Waals surface area contributed by atoms with Crippen molar-refractivity contribution in [1.29, 1.82) is 0 Å². The van der Waals surface area contributed by atoms with Crippen LogP contribution in [0.4, 0.5) is 10.8 Å². The van der Waals surface area contributed by atoms with Crippen molar-refractivity contribution in [1.82, 2.24) is 24.4 Å². The normalized spacial score (nSPS) is 12.2. The lowest BCUT2D eigenvalue weighted by molar-refractivity contribution is 0.572. The van der Waals surface area contributed by atoms with Crippen LogP contribution in [0.1, 0.15) is 26.5 Å². The van der Waals surface area contributed by atoms with E-state index in [0.29, 0.717) is 0 Å². The lowest BCUT2D eigenvalue weighted by Crippen LogP contribution is -2.11. The highest BCUT2D eigenvalue weighted by molar-refractivity contribution is 7.20. The molecule has 3 aromatic heterocycles. The van der Waals surface area contributed by atoms with E-state index in [1.54, 1.807) is 10.9 Å². The van der Waals surface area contributed by atoms with Crippen LogP contribution in [0.2, 0.25) is 0 Å². The maximum atomic E-state index is 4.61. The Morgan fingerprint density at radius 3 is 2.63 bits per heavy atom. The zero-order chi connectivity index (χ0) is 13.6. The fraction of sp³-hybridized carbons (Fsp3) is 0.417. The number of imidazole rings is 1. The van der Waals surface area contributed by atoms with Crippen LogP contribution in [-0.2, 0) is 12.5 Å². The molecule has 0 aliphatic carbocycles. The fourth-order valence-electron chi connectivity index (χ4n) is 1.72. The highest BCUT2D eigenvalue weighted by Crippen LogP contribution is 2.27. The van der Waals surface area contributed by atoms with Gasteiger partial charge in [-0.25, -0.2) is 9.50 Å².